The molecule has 0 atom stereocenters. The Hall–Kier alpha value is -1.12. The summed E-state index contributed by atoms with van der Waals surface area (Å²) < 4.78 is 1.17. The highest BCUT2D eigenvalue weighted by Crippen LogP contribution is 2.17. The van der Waals surface area contributed by atoms with Gasteiger partial charge in [-0.3, -0.25) is 0 Å². The van der Waals surface area contributed by atoms with Crippen LogP contribution in [0.25, 0.3) is 0 Å². The van der Waals surface area contributed by atoms with E-state index in [1.54, 1.807) is 0 Å². The van der Waals surface area contributed by atoms with E-state index in [1.807, 2.05) is 0 Å². The Bertz CT molecular complexity index is 534. The smallest absolute Gasteiger partial charge is 0.0208 e. The van der Waals surface area contributed by atoms with Gasteiger partial charge in [0, 0.05) is 17.6 Å². The fourth-order valence-corrected chi connectivity index (χ4v) is 2.24. The highest BCUT2D eigenvalue weighted by molar-refractivity contribution is 9.10. The molecule has 0 aliphatic heterocycles. The van der Waals surface area contributed by atoms with Crippen LogP contribution in [-0.4, -0.2) is 0 Å². The fraction of sp³-hybridized carbons (Fsp3) is 0.250. The lowest BCUT2D eigenvalue weighted by Crippen LogP contribution is -2.12. The maximum Gasteiger partial charge on any atom is 0.0208 e. The van der Waals surface area contributed by atoms with Gasteiger partial charge in [0.15, 0.2) is 0 Å². The molecule has 0 radical (unpaired) electrons. The zero-order valence-corrected chi connectivity index (χ0v) is 12.4. The van der Waals surface area contributed by atoms with Crippen LogP contribution in [0.4, 0.5) is 0 Å². The summed E-state index contributed by atoms with van der Waals surface area (Å²) in [7, 11) is 0. The zero-order chi connectivity index (χ0) is 13.0. The SMILES string of the molecule is Cc1cccc(CNCc2ccc(Br)c(C)c2)c1. The first-order valence-electron chi connectivity index (χ1n) is 6.16. The Morgan fingerprint density at radius 2 is 1.67 bits per heavy atom. The predicted molar refractivity (Wildman–Crippen MR) is 80.6 cm³/mol. The summed E-state index contributed by atoms with van der Waals surface area (Å²) in [4.78, 5) is 0. The maximum absolute atomic E-state index is 3.52. The lowest BCUT2D eigenvalue weighted by Gasteiger charge is -2.07. The minimum atomic E-state index is 0.905. The molecule has 0 bridgehead atoms. The molecule has 2 heteroatoms. The standard InChI is InChI=1S/C16H18BrN/c1-12-4-3-5-14(8-12)10-18-11-15-6-7-16(17)13(2)9-15/h3-9,18H,10-11H2,1-2H3. The van der Waals surface area contributed by atoms with E-state index in [0.717, 1.165) is 13.1 Å². The second-order valence-electron chi connectivity index (χ2n) is 4.68. The highest BCUT2D eigenvalue weighted by Gasteiger charge is 1.98. The van der Waals surface area contributed by atoms with Crippen LogP contribution >= 0.6 is 15.9 Å². The third-order valence-electron chi connectivity index (χ3n) is 2.96. The summed E-state index contributed by atoms with van der Waals surface area (Å²) in [6, 6.07) is 15.1. The van der Waals surface area contributed by atoms with Gasteiger partial charge in [0.25, 0.3) is 0 Å². The molecule has 2 rings (SSSR count). The number of hydrogen-bond donors (Lipinski definition) is 1. The van der Waals surface area contributed by atoms with Crippen molar-refractivity contribution in [1.29, 1.82) is 0 Å². The van der Waals surface area contributed by atoms with Gasteiger partial charge in [-0.1, -0.05) is 57.9 Å². The van der Waals surface area contributed by atoms with E-state index in [-0.39, 0.29) is 0 Å². The van der Waals surface area contributed by atoms with Gasteiger partial charge >= 0.3 is 0 Å². The summed E-state index contributed by atoms with van der Waals surface area (Å²) in [5, 5.41) is 3.48. The molecule has 0 unspecified atom stereocenters. The van der Waals surface area contributed by atoms with Gasteiger partial charge in [0.05, 0.1) is 0 Å². The van der Waals surface area contributed by atoms with Gasteiger partial charge in [-0.25, -0.2) is 0 Å². The number of nitrogens with one attached hydrogen (secondary N) is 1. The van der Waals surface area contributed by atoms with E-state index < -0.39 is 0 Å². The lowest BCUT2D eigenvalue weighted by molar-refractivity contribution is 0.692. The average molecular weight is 304 g/mol. The van der Waals surface area contributed by atoms with Crippen molar-refractivity contribution in [2.75, 3.05) is 0 Å². The summed E-state index contributed by atoms with van der Waals surface area (Å²) in [5.74, 6) is 0. The molecule has 0 amide bonds. The quantitative estimate of drug-likeness (QED) is 0.885. The van der Waals surface area contributed by atoms with Crippen molar-refractivity contribution in [3.05, 3.63) is 69.2 Å². The van der Waals surface area contributed by atoms with Crippen LogP contribution in [0.5, 0.6) is 0 Å². The Balaban J connectivity index is 1.90. The predicted octanol–water partition coefficient (Wildman–Crippen LogP) is 4.36. The summed E-state index contributed by atoms with van der Waals surface area (Å²) in [6.45, 7) is 6.06. The van der Waals surface area contributed by atoms with E-state index in [4.69, 9.17) is 0 Å². The Morgan fingerprint density at radius 3 is 2.33 bits per heavy atom. The Labute approximate surface area is 117 Å². The summed E-state index contributed by atoms with van der Waals surface area (Å²) in [6.07, 6.45) is 0. The van der Waals surface area contributed by atoms with Crippen LogP contribution in [0.2, 0.25) is 0 Å². The molecule has 0 saturated heterocycles. The van der Waals surface area contributed by atoms with Crippen LogP contribution in [0.15, 0.2) is 46.9 Å². The number of rotatable bonds is 4. The van der Waals surface area contributed by atoms with Crippen LogP contribution < -0.4 is 5.32 Å². The second kappa shape index (κ2) is 6.17. The normalized spacial score (nSPS) is 10.6. The number of benzene rings is 2. The van der Waals surface area contributed by atoms with Crippen LogP contribution in [0.3, 0.4) is 0 Å². The first-order chi connectivity index (χ1) is 8.65. The van der Waals surface area contributed by atoms with E-state index in [1.165, 1.54) is 26.7 Å². The maximum atomic E-state index is 3.52. The molecule has 2 aromatic carbocycles. The molecule has 0 spiro atoms. The fourth-order valence-electron chi connectivity index (χ4n) is 1.99. The third-order valence-corrected chi connectivity index (χ3v) is 3.85. The Kier molecular flexibility index (Phi) is 4.56. The second-order valence-corrected chi connectivity index (χ2v) is 5.53. The molecule has 94 valence electrons. The lowest BCUT2D eigenvalue weighted by atomic mass is 10.1. The van der Waals surface area contributed by atoms with E-state index in [0.29, 0.717) is 0 Å². The number of aryl methyl sites for hydroxylation is 2. The number of halogens is 1. The number of hydrogen-bond acceptors (Lipinski definition) is 1. The van der Waals surface area contributed by atoms with E-state index in [2.05, 4.69) is 77.6 Å². The molecule has 0 aliphatic rings. The largest absolute Gasteiger partial charge is 0.309 e. The van der Waals surface area contributed by atoms with Crippen molar-refractivity contribution >= 4 is 15.9 Å². The van der Waals surface area contributed by atoms with E-state index in [9.17, 15) is 0 Å². The molecular weight excluding hydrogens is 286 g/mol. The highest BCUT2D eigenvalue weighted by atomic mass is 79.9. The van der Waals surface area contributed by atoms with Crippen molar-refractivity contribution in [1.82, 2.24) is 5.32 Å². The summed E-state index contributed by atoms with van der Waals surface area (Å²) in [5.41, 5.74) is 5.26. The minimum Gasteiger partial charge on any atom is -0.309 e. The van der Waals surface area contributed by atoms with Gasteiger partial charge in [-0.2, -0.15) is 0 Å². The monoisotopic (exact) mass is 303 g/mol. The van der Waals surface area contributed by atoms with Gasteiger partial charge in [0.2, 0.25) is 0 Å². The third kappa shape index (κ3) is 3.69. The first kappa shape index (κ1) is 13.3. The van der Waals surface area contributed by atoms with Crippen LogP contribution in [0.1, 0.15) is 22.3 Å². The molecule has 18 heavy (non-hydrogen) atoms. The molecule has 1 nitrogen and oxygen atoms in total. The van der Waals surface area contributed by atoms with Crippen molar-refractivity contribution < 1.29 is 0 Å². The average Bonchev–Trinajstić information content (AvgIpc) is 2.34. The van der Waals surface area contributed by atoms with Crippen molar-refractivity contribution in [2.45, 2.75) is 26.9 Å². The molecule has 0 saturated carbocycles. The molecule has 0 aliphatic carbocycles. The van der Waals surface area contributed by atoms with Gasteiger partial charge < -0.3 is 5.32 Å². The Morgan fingerprint density at radius 1 is 0.944 bits per heavy atom. The zero-order valence-electron chi connectivity index (χ0n) is 10.8. The van der Waals surface area contributed by atoms with Crippen LogP contribution in [-0.2, 0) is 13.1 Å². The van der Waals surface area contributed by atoms with E-state index >= 15 is 0 Å². The van der Waals surface area contributed by atoms with Gasteiger partial charge in [-0.15, -0.1) is 0 Å². The molecule has 1 N–H and O–H groups in total. The van der Waals surface area contributed by atoms with Crippen LogP contribution in [0, 0.1) is 13.8 Å². The van der Waals surface area contributed by atoms with Crippen molar-refractivity contribution in [2.24, 2.45) is 0 Å². The molecule has 0 heterocycles. The molecular formula is C16H18BrN. The molecule has 0 fully saturated rings. The first-order valence-corrected chi connectivity index (χ1v) is 6.96. The van der Waals surface area contributed by atoms with Crippen molar-refractivity contribution in [3.8, 4) is 0 Å². The minimum absolute atomic E-state index is 0.905. The summed E-state index contributed by atoms with van der Waals surface area (Å²) >= 11 is 3.52. The molecule has 2 aromatic rings. The molecule has 0 aromatic heterocycles. The topological polar surface area (TPSA) is 12.0 Å². The van der Waals surface area contributed by atoms with Gasteiger partial charge in [-0.05, 0) is 36.6 Å². The van der Waals surface area contributed by atoms with Gasteiger partial charge in [0.1, 0.15) is 0 Å². The van der Waals surface area contributed by atoms with Crippen molar-refractivity contribution in [3.63, 3.8) is 0 Å².